The Balaban J connectivity index is 1.63. The summed E-state index contributed by atoms with van der Waals surface area (Å²) >= 11 is 1.79. The fourth-order valence-electron chi connectivity index (χ4n) is 2.52. The van der Waals surface area contributed by atoms with Crippen molar-refractivity contribution < 1.29 is 4.79 Å². The Bertz CT molecular complexity index is 594. The predicted octanol–water partition coefficient (Wildman–Crippen LogP) is 3.58. The van der Waals surface area contributed by atoms with Crippen molar-refractivity contribution in [2.75, 3.05) is 6.54 Å². The first-order valence-corrected chi connectivity index (χ1v) is 7.77. The number of thiophene rings is 1. The first-order valence-electron chi connectivity index (χ1n) is 6.89. The van der Waals surface area contributed by atoms with Crippen LogP contribution in [0.5, 0.6) is 0 Å². The van der Waals surface area contributed by atoms with Gasteiger partial charge in [0.05, 0.1) is 6.04 Å². The highest BCUT2D eigenvalue weighted by atomic mass is 32.1. The lowest BCUT2D eigenvalue weighted by molar-refractivity contribution is 0.189. The van der Waals surface area contributed by atoms with E-state index in [-0.39, 0.29) is 12.1 Å². The summed E-state index contributed by atoms with van der Waals surface area (Å²) in [5.41, 5.74) is 2.43. The van der Waals surface area contributed by atoms with Gasteiger partial charge in [0.25, 0.3) is 0 Å². The lowest BCUT2D eigenvalue weighted by Crippen LogP contribution is -2.43. The first-order chi connectivity index (χ1) is 9.74. The van der Waals surface area contributed by atoms with E-state index in [4.69, 9.17) is 0 Å². The molecule has 0 fully saturated rings. The number of nitrogens with one attached hydrogen (secondary N) is 1. The van der Waals surface area contributed by atoms with Gasteiger partial charge in [0.1, 0.15) is 0 Å². The van der Waals surface area contributed by atoms with Gasteiger partial charge < -0.3 is 10.2 Å². The Kier molecular flexibility index (Phi) is 3.74. The summed E-state index contributed by atoms with van der Waals surface area (Å²) in [6.07, 6.45) is 0.972. The molecular weight excluding hydrogens is 268 g/mol. The topological polar surface area (TPSA) is 32.3 Å². The molecule has 2 heterocycles. The van der Waals surface area contributed by atoms with Gasteiger partial charge in [0.15, 0.2) is 0 Å². The number of hydrogen-bond donors (Lipinski definition) is 1. The molecule has 20 heavy (non-hydrogen) atoms. The number of nitrogens with zero attached hydrogens (tertiary/aromatic N) is 1. The second-order valence-corrected chi connectivity index (χ2v) is 6.12. The number of carbonyl (C=O) groups is 1. The monoisotopic (exact) mass is 286 g/mol. The van der Waals surface area contributed by atoms with Crippen LogP contribution in [0, 0.1) is 0 Å². The van der Waals surface area contributed by atoms with Crippen molar-refractivity contribution in [1.82, 2.24) is 10.2 Å². The third-order valence-corrected chi connectivity index (χ3v) is 4.76. The Morgan fingerprint density at radius 2 is 2.10 bits per heavy atom. The number of rotatable bonds is 2. The summed E-state index contributed by atoms with van der Waals surface area (Å²) < 4.78 is 0. The summed E-state index contributed by atoms with van der Waals surface area (Å²) in [5.74, 6) is 0. The quantitative estimate of drug-likeness (QED) is 0.899. The molecule has 1 aliphatic heterocycles. The number of fused-ring (bicyclic) bond motifs is 1. The van der Waals surface area contributed by atoms with Gasteiger partial charge >= 0.3 is 6.03 Å². The van der Waals surface area contributed by atoms with Crippen molar-refractivity contribution in [1.29, 1.82) is 0 Å². The maximum atomic E-state index is 12.3. The van der Waals surface area contributed by atoms with Crippen molar-refractivity contribution in [3.63, 3.8) is 0 Å². The zero-order chi connectivity index (χ0) is 13.9. The van der Waals surface area contributed by atoms with Crippen LogP contribution in [0.4, 0.5) is 4.79 Å². The van der Waals surface area contributed by atoms with Crippen molar-refractivity contribution in [3.8, 4) is 0 Å². The summed E-state index contributed by atoms with van der Waals surface area (Å²) in [4.78, 5) is 15.7. The second kappa shape index (κ2) is 5.67. The lowest BCUT2D eigenvalue weighted by atomic mass is 10.1. The van der Waals surface area contributed by atoms with E-state index in [1.165, 1.54) is 10.4 Å². The van der Waals surface area contributed by atoms with Crippen LogP contribution in [0.2, 0.25) is 0 Å². The molecule has 0 bridgehead atoms. The fourth-order valence-corrected chi connectivity index (χ4v) is 3.41. The molecule has 4 heteroatoms. The summed E-state index contributed by atoms with van der Waals surface area (Å²) in [7, 11) is 0. The van der Waals surface area contributed by atoms with E-state index in [2.05, 4.69) is 16.8 Å². The molecule has 0 saturated heterocycles. The Labute approximate surface area is 123 Å². The highest BCUT2D eigenvalue weighted by Crippen LogP contribution is 2.24. The smallest absolute Gasteiger partial charge is 0.318 e. The van der Waals surface area contributed by atoms with Gasteiger partial charge in [-0.1, -0.05) is 30.3 Å². The molecule has 1 atom stereocenters. The zero-order valence-electron chi connectivity index (χ0n) is 11.5. The second-order valence-electron chi connectivity index (χ2n) is 5.12. The van der Waals surface area contributed by atoms with Crippen LogP contribution in [0.3, 0.4) is 0 Å². The molecule has 0 spiro atoms. The molecule has 1 aromatic carbocycles. The van der Waals surface area contributed by atoms with E-state index in [0.717, 1.165) is 25.1 Å². The van der Waals surface area contributed by atoms with E-state index in [9.17, 15) is 4.79 Å². The fraction of sp³-hybridized carbons (Fsp3) is 0.312. The van der Waals surface area contributed by atoms with Gasteiger partial charge in [-0.2, -0.15) is 0 Å². The van der Waals surface area contributed by atoms with Crippen molar-refractivity contribution in [2.24, 2.45) is 0 Å². The van der Waals surface area contributed by atoms with Gasteiger partial charge in [-0.05, 0) is 35.9 Å². The first kappa shape index (κ1) is 13.2. The Morgan fingerprint density at radius 3 is 2.90 bits per heavy atom. The number of urea groups is 1. The summed E-state index contributed by atoms with van der Waals surface area (Å²) in [6, 6.07) is 12.2. The largest absolute Gasteiger partial charge is 0.331 e. The molecular formula is C16H18N2OS. The Hall–Kier alpha value is -1.81. The van der Waals surface area contributed by atoms with E-state index in [1.807, 2.05) is 42.2 Å². The molecule has 1 N–H and O–H groups in total. The number of carbonyl (C=O) groups excluding carboxylic acids is 1. The van der Waals surface area contributed by atoms with Gasteiger partial charge in [-0.15, -0.1) is 11.3 Å². The van der Waals surface area contributed by atoms with Gasteiger partial charge in [-0.25, -0.2) is 4.79 Å². The molecule has 3 nitrogen and oxygen atoms in total. The van der Waals surface area contributed by atoms with E-state index in [1.54, 1.807) is 11.3 Å². The van der Waals surface area contributed by atoms with Gasteiger partial charge in [0, 0.05) is 18.0 Å². The maximum absolute atomic E-state index is 12.3. The molecule has 0 saturated carbocycles. The molecule has 2 aromatic rings. The summed E-state index contributed by atoms with van der Waals surface area (Å²) in [6.45, 7) is 3.56. The highest BCUT2D eigenvalue weighted by Gasteiger charge is 2.22. The summed E-state index contributed by atoms with van der Waals surface area (Å²) in [5, 5.41) is 5.19. The third kappa shape index (κ3) is 2.70. The SMILES string of the molecule is CC(NC(=O)N1CCc2sccc2C1)c1ccccc1. The van der Waals surface area contributed by atoms with Crippen LogP contribution in [0.25, 0.3) is 0 Å². The molecule has 1 aliphatic rings. The van der Waals surface area contributed by atoms with Gasteiger partial charge in [-0.3, -0.25) is 0 Å². The van der Waals surface area contributed by atoms with Crippen LogP contribution >= 0.6 is 11.3 Å². The number of hydrogen-bond acceptors (Lipinski definition) is 2. The van der Waals surface area contributed by atoms with Crippen LogP contribution in [-0.2, 0) is 13.0 Å². The lowest BCUT2D eigenvalue weighted by Gasteiger charge is -2.28. The molecule has 104 valence electrons. The molecule has 3 rings (SSSR count). The van der Waals surface area contributed by atoms with Crippen LogP contribution in [0.1, 0.15) is 29.0 Å². The van der Waals surface area contributed by atoms with E-state index in [0.29, 0.717) is 0 Å². The number of benzene rings is 1. The minimum Gasteiger partial charge on any atom is -0.331 e. The van der Waals surface area contributed by atoms with Crippen molar-refractivity contribution >= 4 is 17.4 Å². The van der Waals surface area contributed by atoms with Crippen molar-refractivity contribution in [2.45, 2.75) is 25.9 Å². The van der Waals surface area contributed by atoms with E-state index >= 15 is 0 Å². The molecule has 0 aliphatic carbocycles. The van der Waals surface area contributed by atoms with Crippen LogP contribution in [0.15, 0.2) is 41.8 Å². The zero-order valence-corrected chi connectivity index (χ0v) is 12.3. The molecule has 1 aromatic heterocycles. The average Bonchev–Trinajstić information content (AvgIpc) is 2.95. The number of amides is 2. The minimum atomic E-state index is 0.0261. The molecule has 1 unspecified atom stereocenters. The third-order valence-electron chi connectivity index (χ3n) is 3.73. The Morgan fingerprint density at radius 1 is 1.30 bits per heavy atom. The highest BCUT2D eigenvalue weighted by molar-refractivity contribution is 7.10. The van der Waals surface area contributed by atoms with Crippen LogP contribution in [-0.4, -0.2) is 17.5 Å². The van der Waals surface area contributed by atoms with E-state index < -0.39 is 0 Å². The normalized spacial score (nSPS) is 15.6. The standard InChI is InChI=1S/C16H18N2OS/c1-12(13-5-3-2-4-6-13)17-16(19)18-9-7-15-14(11-18)8-10-20-15/h2-6,8,10,12H,7,9,11H2,1H3,(H,17,19). The average molecular weight is 286 g/mol. The predicted molar refractivity (Wildman–Crippen MR) is 81.8 cm³/mol. The minimum absolute atomic E-state index is 0.0261. The van der Waals surface area contributed by atoms with Gasteiger partial charge in [0.2, 0.25) is 0 Å². The van der Waals surface area contributed by atoms with Crippen LogP contribution < -0.4 is 5.32 Å². The van der Waals surface area contributed by atoms with Crippen molar-refractivity contribution in [3.05, 3.63) is 57.8 Å². The molecule has 0 radical (unpaired) electrons. The maximum Gasteiger partial charge on any atom is 0.318 e. The molecule has 2 amide bonds.